The Morgan fingerprint density at radius 1 is 1.56 bits per heavy atom. The summed E-state index contributed by atoms with van der Waals surface area (Å²) in [6, 6.07) is 2.81. The van der Waals surface area contributed by atoms with E-state index in [4.69, 9.17) is 4.74 Å². The van der Waals surface area contributed by atoms with Crippen molar-refractivity contribution in [3.8, 4) is 0 Å². The van der Waals surface area contributed by atoms with Crippen LogP contribution in [0.1, 0.15) is 21.1 Å². The van der Waals surface area contributed by atoms with Gasteiger partial charge in [-0.15, -0.1) is 11.3 Å². The van der Waals surface area contributed by atoms with Crippen LogP contribution in [0.15, 0.2) is 28.5 Å². The summed E-state index contributed by atoms with van der Waals surface area (Å²) in [6.45, 7) is 2.01. The maximum Gasteiger partial charge on any atom is 0.338 e. The number of thiazole rings is 1. The Hall–Kier alpha value is -1.95. The third-order valence-electron chi connectivity index (χ3n) is 2.33. The van der Waals surface area contributed by atoms with E-state index in [1.54, 1.807) is 13.1 Å². The lowest BCUT2D eigenvalue weighted by Gasteiger charge is -2.03. The molecule has 0 spiro atoms. The second-order valence-electron chi connectivity index (χ2n) is 3.82. The second-order valence-corrected chi connectivity index (χ2v) is 4.77. The van der Waals surface area contributed by atoms with Gasteiger partial charge in [0.25, 0.3) is 5.56 Å². The number of carbonyl (C=O) groups excluding carboxylic acids is 1. The number of esters is 1. The molecule has 2 rings (SSSR count). The van der Waals surface area contributed by atoms with E-state index in [0.29, 0.717) is 0 Å². The first-order valence-corrected chi connectivity index (χ1v) is 6.19. The fourth-order valence-electron chi connectivity index (χ4n) is 1.36. The van der Waals surface area contributed by atoms with Crippen LogP contribution >= 0.6 is 11.3 Å². The molecular weight excluding hydrogens is 252 g/mol. The molecule has 0 atom stereocenters. The van der Waals surface area contributed by atoms with Gasteiger partial charge in [0.2, 0.25) is 0 Å². The van der Waals surface area contributed by atoms with Crippen LogP contribution in [0.4, 0.5) is 0 Å². The summed E-state index contributed by atoms with van der Waals surface area (Å²) < 4.78 is 6.47. The molecule has 94 valence electrons. The van der Waals surface area contributed by atoms with Crippen molar-refractivity contribution < 1.29 is 9.53 Å². The Morgan fingerprint density at radius 3 is 2.94 bits per heavy atom. The molecule has 0 aromatic carbocycles. The lowest BCUT2D eigenvalue weighted by atomic mass is 10.3. The first-order valence-electron chi connectivity index (χ1n) is 5.31. The average molecular weight is 264 g/mol. The van der Waals surface area contributed by atoms with Gasteiger partial charge in [-0.2, -0.15) is 0 Å². The lowest BCUT2D eigenvalue weighted by Crippen LogP contribution is -2.17. The number of aromatic nitrogens is 2. The summed E-state index contributed by atoms with van der Waals surface area (Å²) in [5, 5.41) is 2.63. The van der Waals surface area contributed by atoms with Gasteiger partial charge in [0, 0.05) is 30.4 Å². The molecule has 0 N–H and O–H groups in total. The van der Waals surface area contributed by atoms with E-state index in [1.165, 1.54) is 28.2 Å². The quantitative estimate of drug-likeness (QED) is 0.788. The smallest absolute Gasteiger partial charge is 0.338 e. The molecule has 0 aliphatic carbocycles. The van der Waals surface area contributed by atoms with Crippen molar-refractivity contribution in [2.45, 2.75) is 13.5 Å². The molecule has 6 heteroatoms. The number of hydrogen-bond donors (Lipinski definition) is 0. The Bertz CT molecular complexity index is 630. The Balaban J connectivity index is 2.03. The minimum atomic E-state index is -0.513. The highest BCUT2D eigenvalue weighted by atomic mass is 32.1. The molecule has 18 heavy (non-hydrogen) atoms. The van der Waals surface area contributed by atoms with Crippen LogP contribution in [0.2, 0.25) is 0 Å². The molecular formula is C12H12N2O3S. The van der Waals surface area contributed by atoms with E-state index in [9.17, 15) is 9.59 Å². The number of rotatable bonds is 3. The van der Waals surface area contributed by atoms with Crippen LogP contribution < -0.4 is 5.56 Å². The maximum atomic E-state index is 11.7. The molecule has 0 bridgehead atoms. The van der Waals surface area contributed by atoms with E-state index in [2.05, 4.69) is 4.98 Å². The van der Waals surface area contributed by atoms with Crippen LogP contribution in [0.25, 0.3) is 0 Å². The largest absolute Gasteiger partial charge is 0.455 e. The summed E-state index contributed by atoms with van der Waals surface area (Å²) in [6.07, 6.45) is 1.53. The summed E-state index contributed by atoms with van der Waals surface area (Å²) in [5.74, 6) is -0.513. The van der Waals surface area contributed by atoms with Crippen LogP contribution in [0, 0.1) is 6.92 Å². The number of aryl methyl sites for hydroxylation is 2. The zero-order chi connectivity index (χ0) is 13.1. The van der Waals surface area contributed by atoms with Gasteiger partial charge in [0.05, 0.1) is 5.56 Å². The summed E-state index contributed by atoms with van der Waals surface area (Å²) in [7, 11) is 1.62. The summed E-state index contributed by atoms with van der Waals surface area (Å²) in [5.41, 5.74) is 0.917. The molecule has 0 saturated heterocycles. The van der Waals surface area contributed by atoms with Crippen LogP contribution in [0.3, 0.4) is 0 Å². The van der Waals surface area contributed by atoms with Gasteiger partial charge in [-0.1, -0.05) is 0 Å². The Labute approximate surface area is 108 Å². The highest BCUT2D eigenvalue weighted by Crippen LogP contribution is 2.10. The van der Waals surface area contributed by atoms with E-state index in [0.717, 1.165) is 10.7 Å². The molecule has 2 aromatic rings. The van der Waals surface area contributed by atoms with Gasteiger partial charge < -0.3 is 9.30 Å². The predicted octanol–water partition coefficient (Wildman–Crippen LogP) is 1.51. The fourth-order valence-corrected chi connectivity index (χ4v) is 2.04. The van der Waals surface area contributed by atoms with E-state index >= 15 is 0 Å². The monoisotopic (exact) mass is 264 g/mol. The maximum absolute atomic E-state index is 11.7. The number of carbonyl (C=O) groups is 1. The summed E-state index contributed by atoms with van der Waals surface area (Å²) >= 11 is 1.44. The van der Waals surface area contributed by atoms with E-state index in [-0.39, 0.29) is 17.7 Å². The molecule has 0 aliphatic rings. The third-order valence-corrected chi connectivity index (χ3v) is 3.27. The zero-order valence-corrected chi connectivity index (χ0v) is 10.9. The number of nitrogens with zero attached hydrogens (tertiary/aromatic N) is 2. The van der Waals surface area contributed by atoms with E-state index in [1.807, 2.05) is 12.3 Å². The first kappa shape index (κ1) is 12.5. The summed E-state index contributed by atoms with van der Waals surface area (Å²) in [4.78, 5) is 27.2. The lowest BCUT2D eigenvalue weighted by molar-refractivity contribution is 0.0472. The minimum absolute atomic E-state index is 0.131. The highest BCUT2D eigenvalue weighted by Gasteiger charge is 2.09. The van der Waals surface area contributed by atoms with Crippen molar-refractivity contribution in [2.24, 2.45) is 7.05 Å². The number of ether oxygens (including phenoxy) is 1. The van der Waals surface area contributed by atoms with Gasteiger partial charge in [-0.3, -0.25) is 4.79 Å². The molecule has 0 amide bonds. The van der Waals surface area contributed by atoms with Crippen LogP contribution in [-0.4, -0.2) is 15.5 Å². The molecule has 2 heterocycles. The highest BCUT2D eigenvalue weighted by molar-refractivity contribution is 7.09. The molecule has 0 radical (unpaired) electrons. The van der Waals surface area contributed by atoms with Crippen LogP contribution in [-0.2, 0) is 18.4 Å². The molecule has 0 aliphatic heterocycles. The number of pyridine rings is 1. The van der Waals surface area contributed by atoms with Gasteiger partial charge >= 0.3 is 5.97 Å². The van der Waals surface area contributed by atoms with Gasteiger partial charge in [-0.05, 0) is 13.0 Å². The zero-order valence-electron chi connectivity index (χ0n) is 10.0. The SMILES string of the molecule is Cc1csc(COC(=O)c2ccn(C)c(=O)c2)n1. The fraction of sp³-hybridized carbons (Fsp3) is 0.250. The van der Waals surface area contributed by atoms with Crippen molar-refractivity contribution in [1.82, 2.24) is 9.55 Å². The topological polar surface area (TPSA) is 61.2 Å². The van der Waals surface area contributed by atoms with Gasteiger partial charge in [0.15, 0.2) is 0 Å². The number of hydrogen-bond acceptors (Lipinski definition) is 5. The first-order chi connectivity index (χ1) is 8.56. The van der Waals surface area contributed by atoms with Gasteiger partial charge in [-0.25, -0.2) is 9.78 Å². The standard InChI is InChI=1S/C12H12N2O3S/c1-8-7-18-10(13-8)6-17-12(16)9-3-4-14(2)11(15)5-9/h3-5,7H,6H2,1-2H3. The van der Waals surface area contributed by atoms with Crippen molar-refractivity contribution >= 4 is 17.3 Å². The Kier molecular flexibility index (Phi) is 3.57. The van der Waals surface area contributed by atoms with Crippen molar-refractivity contribution in [2.75, 3.05) is 0 Å². The van der Waals surface area contributed by atoms with Crippen molar-refractivity contribution in [3.63, 3.8) is 0 Å². The van der Waals surface area contributed by atoms with Crippen LogP contribution in [0.5, 0.6) is 0 Å². The predicted molar refractivity (Wildman–Crippen MR) is 67.7 cm³/mol. The van der Waals surface area contributed by atoms with Crippen molar-refractivity contribution in [1.29, 1.82) is 0 Å². The van der Waals surface area contributed by atoms with Crippen molar-refractivity contribution in [3.05, 3.63) is 50.3 Å². The molecule has 0 saturated carbocycles. The molecule has 2 aromatic heterocycles. The molecule has 5 nitrogen and oxygen atoms in total. The Morgan fingerprint density at radius 2 is 2.33 bits per heavy atom. The average Bonchev–Trinajstić information content (AvgIpc) is 2.75. The van der Waals surface area contributed by atoms with Gasteiger partial charge in [0.1, 0.15) is 11.6 Å². The second kappa shape index (κ2) is 5.14. The normalized spacial score (nSPS) is 10.3. The van der Waals surface area contributed by atoms with E-state index < -0.39 is 5.97 Å². The molecule has 0 fully saturated rings. The molecule has 0 unspecified atom stereocenters. The third kappa shape index (κ3) is 2.84. The minimum Gasteiger partial charge on any atom is -0.455 e.